The summed E-state index contributed by atoms with van der Waals surface area (Å²) in [7, 11) is 0. The molecular formula is C19H22N4O2. The van der Waals surface area contributed by atoms with Gasteiger partial charge in [-0.2, -0.15) is 5.10 Å². The maximum Gasteiger partial charge on any atom is 0.289 e. The molecule has 0 spiro atoms. The van der Waals surface area contributed by atoms with Gasteiger partial charge in [0.15, 0.2) is 11.3 Å². The molecule has 0 saturated carbocycles. The van der Waals surface area contributed by atoms with Crippen LogP contribution in [0.25, 0.3) is 11.1 Å². The molecule has 0 bridgehead atoms. The number of amides is 1. The summed E-state index contributed by atoms with van der Waals surface area (Å²) in [6, 6.07) is 7.80. The number of aryl methyl sites for hydroxylation is 3. The van der Waals surface area contributed by atoms with Crippen molar-refractivity contribution in [3.8, 4) is 0 Å². The molecule has 0 aromatic carbocycles. The third-order valence-electron chi connectivity index (χ3n) is 4.80. The van der Waals surface area contributed by atoms with Gasteiger partial charge in [0.25, 0.3) is 5.91 Å². The molecule has 6 nitrogen and oxygen atoms in total. The standard InChI is InChI=1S/C19H22N4O2/c1-12-6-7-17-16(20-12)10-18(25-17)19(24)22-8-4-5-15(11-22)23-14(3)9-13(2)21-23/h6-7,9-10,15H,4-5,8,11H2,1-3H3/t15-/m0/s1. The van der Waals surface area contributed by atoms with Crippen LogP contribution in [0.1, 0.15) is 46.5 Å². The van der Waals surface area contributed by atoms with E-state index < -0.39 is 0 Å². The lowest BCUT2D eigenvalue weighted by Gasteiger charge is -2.32. The van der Waals surface area contributed by atoms with E-state index in [2.05, 4.69) is 27.8 Å². The van der Waals surface area contributed by atoms with Gasteiger partial charge in [0.05, 0.1) is 11.7 Å². The molecule has 1 fully saturated rings. The van der Waals surface area contributed by atoms with Gasteiger partial charge in [-0.1, -0.05) is 0 Å². The largest absolute Gasteiger partial charge is 0.449 e. The maximum atomic E-state index is 12.9. The van der Waals surface area contributed by atoms with Crippen molar-refractivity contribution in [3.05, 3.63) is 47.1 Å². The Morgan fingerprint density at radius 2 is 2.04 bits per heavy atom. The second-order valence-corrected chi connectivity index (χ2v) is 6.87. The van der Waals surface area contributed by atoms with Crippen molar-refractivity contribution < 1.29 is 9.21 Å². The summed E-state index contributed by atoms with van der Waals surface area (Å²) < 4.78 is 7.78. The van der Waals surface area contributed by atoms with E-state index in [0.717, 1.165) is 42.0 Å². The number of nitrogens with zero attached hydrogens (tertiary/aromatic N) is 4. The van der Waals surface area contributed by atoms with Crippen LogP contribution in [0.5, 0.6) is 0 Å². The fraction of sp³-hybridized carbons (Fsp3) is 0.421. The van der Waals surface area contributed by atoms with Gasteiger partial charge in [0.1, 0.15) is 5.52 Å². The van der Waals surface area contributed by atoms with Gasteiger partial charge in [0, 0.05) is 30.5 Å². The zero-order valence-corrected chi connectivity index (χ0v) is 14.8. The number of rotatable bonds is 2. The predicted molar refractivity (Wildman–Crippen MR) is 94.6 cm³/mol. The first kappa shape index (κ1) is 15.9. The number of aromatic nitrogens is 3. The Labute approximate surface area is 146 Å². The monoisotopic (exact) mass is 338 g/mol. The average molecular weight is 338 g/mol. The highest BCUT2D eigenvalue weighted by Crippen LogP contribution is 2.26. The Morgan fingerprint density at radius 3 is 2.80 bits per heavy atom. The quantitative estimate of drug-likeness (QED) is 0.718. The number of carbonyl (C=O) groups excluding carboxylic acids is 1. The summed E-state index contributed by atoms with van der Waals surface area (Å²) in [6.07, 6.45) is 2.00. The van der Waals surface area contributed by atoms with E-state index in [9.17, 15) is 4.79 Å². The predicted octanol–water partition coefficient (Wildman–Crippen LogP) is 3.43. The van der Waals surface area contributed by atoms with Crippen molar-refractivity contribution in [3.63, 3.8) is 0 Å². The lowest BCUT2D eigenvalue weighted by atomic mass is 10.1. The molecule has 1 saturated heterocycles. The van der Waals surface area contributed by atoms with E-state index >= 15 is 0 Å². The first-order valence-corrected chi connectivity index (χ1v) is 8.70. The zero-order valence-electron chi connectivity index (χ0n) is 14.8. The maximum absolute atomic E-state index is 12.9. The molecule has 1 atom stereocenters. The Hall–Kier alpha value is -2.63. The Morgan fingerprint density at radius 1 is 1.20 bits per heavy atom. The smallest absolute Gasteiger partial charge is 0.289 e. The first-order chi connectivity index (χ1) is 12.0. The number of piperidine rings is 1. The van der Waals surface area contributed by atoms with Crippen molar-refractivity contribution in [1.29, 1.82) is 0 Å². The van der Waals surface area contributed by atoms with E-state index in [1.807, 2.05) is 30.9 Å². The molecule has 1 amide bonds. The summed E-state index contributed by atoms with van der Waals surface area (Å²) in [4.78, 5) is 19.2. The highest BCUT2D eigenvalue weighted by Gasteiger charge is 2.28. The minimum Gasteiger partial charge on any atom is -0.449 e. The third-order valence-corrected chi connectivity index (χ3v) is 4.80. The second kappa shape index (κ2) is 6.02. The molecular weight excluding hydrogens is 316 g/mol. The Balaban J connectivity index is 1.57. The van der Waals surface area contributed by atoms with Gasteiger partial charge in [-0.15, -0.1) is 0 Å². The van der Waals surface area contributed by atoms with E-state index in [0.29, 0.717) is 17.9 Å². The van der Waals surface area contributed by atoms with Crippen LogP contribution in [0, 0.1) is 20.8 Å². The number of furan rings is 1. The average Bonchev–Trinajstić information content (AvgIpc) is 3.16. The van der Waals surface area contributed by atoms with Crippen LogP contribution in [0.2, 0.25) is 0 Å². The highest BCUT2D eigenvalue weighted by atomic mass is 16.3. The van der Waals surface area contributed by atoms with Crippen LogP contribution in [0.4, 0.5) is 0 Å². The van der Waals surface area contributed by atoms with E-state index in [-0.39, 0.29) is 11.9 Å². The van der Waals surface area contributed by atoms with Crippen LogP contribution < -0.4 is 0 Å². The highest BCUT2D eigenvalue weighted by molar-refractivity contribution is 5.95. The Kier molecular flexibility index (Phi) is 3.82. The Bertz CT molecular complexity index is 940. The van der Waals surface area contributed by atoms with Crippen LogP contribution >= 0.6 is 0 Å². The molecule has 1 aliphatic rings. The SMILES string of the molecule is Cc1ccc2oc(C(=O)N3CCC[C@H](n4nc(C)cc4C)C3)cc2n1. The lowest BCUT2D eigenvalue weighted by Crippen LogP contribution is -2.41. The van der Waals surface area contributed by atoms with Crippen LogP contribution in [-0.4, -0.2) is 38.7 Å². The molecule has 0 radical (unpaired) electrons. The molecule has 1 aliphatic heterocycles. The fourth-order valence-corrected chi connectivity index (χ4v) is 3.64. The molecule has 0 aliphatic carbocycles. The molecule has 4 rings (SSSR count). The summed E-state index contributed by atoms with van der Waals surface area (Å²) in [5.41, 5.74) is 4.45. The van der Waals surface area contributed by atoms with Gasteiger partial charge >= 0.3 is 0 Å². The van der Waals surface area contributed by atoms with Crippen LogP contribution in [0.15, 0.2) is 28.7 Å². The normalized spacial score (nSPS) is 18.0. The van der Waals surface area contributed by atoms with Crippen molar-refractivity contribution in [2.45, 2.75) is 39.7 Å². The summed E-state index contributed by atoms with van der Waals surface area (Å²) in [5, 5.41) is 4.59. The summed E-state index contributed by atoms with van der Waals surface area (Å²) in [6.45, 7) is 7.40. The first-order valence-electron chi connectivity index (χ1n) is 8.70. The van der Waals surface area contributed by atoms with Crippen LogP contribution in [0.3, 0.4) is 0 Å². The molecule has 3 aromatic heterocycles. The lowest BCUT2D eigenvalue weighted by molar-refractivity contribution is 0.0642. The number of carbonyl (C=O) groups is 1. The topological polar surface area (TPSA) is 64.2 Å². The summed E-state index contributed by atoms with van der Waals surface area (Å²) in [5.74, 6) is 0.295. The minimum atomic E-state index is -0.0677. The number of pyridine rings is 1. The number of hydrogen-bond acceptors (Lipinski definition) is 4. The zero-order chi connectivity index (χ0) is 17.6. The summed E-state index contributed by atoms with van der Waals surface area (Å²) >= 11 is 0. The van der Waals surface area contributed by atoms with E-state index in [4.69, 9.17) is 4.42 Å². The van der Waals surface area contributed by atoms with Gasteiger partial charge in [0.2, 0.25) is 0 Å². The van der Waals surface area contributed by atoms with Gasteiger partial charge in [-0.05, 0) is 51.8 Å². The third kappa shape index (κ3) is 2.92. The molecule has 3 aromatic rings. The number of fused-ring (bicyclic) bond motifs is 1. The number of hydrogen-bond donors (Lipinski definition) is 0. The molecule has 0 N–H and O–H groups in total. The van der Waals surface area contributed by atoms with Crippen molar-refractivity contribution in [1.82, 2.24) is 19.7 Å². The molecule has 25 heavy (non-hydrogen) atoms. The molecule has 130 valence electrons. The second-order valence-electron chi connectivity index (χ2n) is 6.87. The van der Waals surface area contributed by atoms with Crippen molar-refractivity contribution in [2.24, 2.45) is 0 Å². The van der Waals surface area contributed by atoms with E-state index in [1.54, 1.807) is 6.07 Å². The van der Waals surface area contributed by atoms with Crippen LogP contribution in [-0.2, 0) is 0 Å². The molecule has 4 heterocycles. The van der Waals surface area contributed by atoms with Gasteiger partial charge in [-0.25, -0.2) is 4.98 Å². The van der Waals surface area contributed by atoms with Gasteiger partial charge in [-0.3, -0.25) is 9.48 Å². The van der Waals surface area contributed by atoms with Gasteiger partial charge < -0.3 is 9.32 Å². The number of likely N-dealkylation sites (tertiary alicyclic amines) is 1. The van der Waals surface area contributed by atoms with Crippen molar-refractivity contribution >= 4 is 17.0 Å². The van der Waals surface area contributed by atoms with Crippen molar-refractivity contribution in [2.75, 3.05) is 13.1 Å². The minimum absolute atomic E-state index is 0.0677. The molecule has 0 unspecified atom stereocenters. The fourth-order valence-electron chi connectivity index (χ4n) is 3.64. The molecule has 6 heteroatoms. The van der Waals surface area contributed by atoms with E-state index in [1.165, 1.54) is 0 Å².